The molecule has 1 aliphatic carbocycles. The van der Waals surface area contributed by atoms with Crippen LogP contribution in [0.2, 0.25) is 0 Å². The van der Waals surface area contributed by atoms with Crippen LogP contribution in [-0.2, 0) is 42.2 Å². The van der Waals surface area contributed by atoms with Crippen LogP contribution in [0.15, 0.2) is 12.1 Å². The largest absolute Gasteiger partial charge is 0.459 e. The fourth-order valence-electron chi connectivity index (χ4n) is 3.39. The quantitative estimate of drug-likeness (QED) is 0.498. The van der Waals surface area contributed by atoms with Gasteiger partial charge in [-0.3, -0.25) is 0 Å². The van der Waals surface area contributed by atoms with Crippen LogP contribution in [0.25, 0.3) is 0 Å². The number of hydrogen-bond acceptors (Lipinski definition) is 3. The predicted molar refractivity (Wildman–Crippen MR) is 81.1 cm³/mol. The number of hydrogen-bond donors (Lipinski definition) is 0. The van der Waals surface area contributed by atoms with Gasteiger partial charge in [-0.2, -0.15) is 8.78 Å². The van der Waals surface area contributed by atoms with Crippen molar-refractivity contribution in [1.82, 2.24) is 0 Å². The molecule has 1 aromatic carbocycles. The fourth-order valence-corrected chi connectivity index (χ4v) is 3.39. The van der Waals surface area contributed by atoms with Crippen LogP contribution in [0, 0.1) is 35.5 Å². The molecule has 2 fully saturated rings. The summed E-state index contributed by atoms with van der Waals surface area (Å²) in [4.78, 5) is 0. The van der Waals surface area contributed by atoms with Crippen molar-refractivity contribution >= 4 is 0 Å². The molecule has 1 aliphatic heterocycles. The molecule has 26 heavy (non-hydrogen) atoms. The summed E-state index contributed by atoms with van der Waals surface area (Å²) < 4.78 is 70.7. The van der Waals surface area contributed by atoms with Crippen LogP contribution in [0.4, 0.5) is 17.6 Å². The maximum absolute atomic E-state index is 14.3. The van der Waals surface area contributed by atoms with Crippen molar-refractivity contribution in [3.8, 4) is 5.75 Å². The Kier molecular flexibility index (Phi) is 7.90. The average Bonchev–Trinajstić information content (AvgIpc) is 2.54. The molecule has 3 nitrogen and oxygen atoms in total. The molecule has 0 amide bonds. The number of benzene rings is 1. The Bertz CT molecular complexity index is 566. The molecule has 1 saturated carbocycles. The maximum atomic E-state index is 14.3. The Morgan fingerprint density at radius 2 is 1.58 bits per heavy atom. The smallest absolute Gasteiger partial charge is 0.398 e. The average molecular weight is 450 g/mol. The Morgan fingerprint density at radius 3 is 2.12 bits per heavy atom. The number of halogens is 4. The van der Waals surface area contributed by atoms with E-state index >= 15 is 0 Å². The van der Waals surface area contributed by atoms with Crippen LogP contribution in [0.1, 0.15) is 32.6 Å². The minimum absolute atomic E-state index is 0. The summed E-state index contributed by atoms with van der Waals surface area (Å²) in [5.41, 5.74) is 0. The zero-order valence-corrected chi connectivity index (χ0v) is 17.4. The molecular weight excluding hydrogens is 429 g/mol. The molecule has 0 unspecified atom stereocenters. The summed E-state index contributed by atoms with van der Waals surface area (Å²) in [5, 5.41) is 0. The second kappa shape index (κ2) is 9.31. The van der Waals surface area contributed by atoms with Gasteiger partial charge in [0.15, 0.2) is 6.29 Å². The molecule has 0 spiro atoms. The van der Waals surface area contributed by atoms with Gasteiger partial charge in [0, 0.05) is 61.9 Å². The molecule has 0 aromatic heterocycles. The van der Waals surface area contributed by atoms with Crippen molar-refractivity contribution in [3.05, 3.63) is 29.8 Å². The molecule has 0 bridgehead atoms. The third-order valence-corrected chi connectivity index (χ3v) is 4.75. The Labute approximate surface area is 175 Å². The summed E-state index contributed by atoms with van der Waals surface area (Å²) in [6.07, 6.45) is -2.28. The van der Waals surface area contributed by atoms with Gasteiger partial charge in [-0.15, -0.1) is 6.07 Å². The summed E-state index contributed by atoms with van der Waals surface area (Å²) in [6, 6.07) is 3.14. The number of rotatable bonds is 4. The number of alkyl halides is 2. The fraction of sp³-hybridized carbons (Fsp3) is 0.667. The first-order valence-corrected chi connectivity index (χ1v) is 8.52. The second-order valence-electron chi connectivity index (χ2n) is 6.93. The van der Waals surface area contributed by atoms with Gasteiger partial charge < -0.3 is 14.2 Å². The SMILES string of the molecule is CC1COC(C2CCC(C(F)(F)Oc3cc(F)[c-]c(F)c3)CC2)OC1.[Y]. The van der Waals surface area contributed by atoms with Gasteiger partial charge in [0.25, 0.3) is 0 Å². The predicted octanol–water partition coefficient (Wildman–Crippen LogP) is 4.55. The second-order valence-corrected chi connectivity index (χ2v) is 6.93. The number of ether oxygens (including phenoxy) is 3. The maximum Gasteiger partial charge on any atom is 0.398 e. The van der Waals surface area contributed by atoms with E-state index in [1.54, 1.807) is 6.07 Å². The third-order valence-electron chi connectivity index (χ3n) is 4.75. The van der Waals surface area contributed by atoms with Crippen molar-refractivity contribution in [1.29, 1.82) is 0 Å². The molecule has 1 aromatic rings. The topological polar surface area (TPSA) is 27.7 Å². The van der Waals surface area contributed by atoms with Crippen LogP contribution in [0.3, 0.4) is 0 Å². The van der Waals surface area contributed by atoms with Crippen LogP contribution in [-0.4, -0.2) is 25.6 Å². The summed E-state index contributed by atoms with van der Waals surface area (Å²) >= 11 is 0. The van der Waals surface area contributed by atoms with Crippen molar-refractivity contribution in [2.24, 2.45) is 17.8 Å². The molecule has 1 radical (unpaired) electrons. The minimum atomic E-state index is -3.49. The molecule has 143 valence electrons. The zero-order chi connectivity index (χ0) is 18.0. The van der Waals surface area contributed by atoms with Gasteiger partial charge in [-0.05, 0) is 25.7 Å². The zero-order valence-electron chi connectivity index (χ0n) is 14.5. The Balaban J connectivity index is 0.00000243. The van der Waals surface area contributed by atoms with Crippen molar-refractivity contribution in [2.75, 3.05) is 13.2 Å². The normalized spacial score (nSPS) is 29.7. The Morgan fingerprint density at radius 1 is 1.04 bits per heavy atom. The molecule has 1 heterocycles. The summed E-state index contributed by atoms with van der Waals surface area (Å²) in [6.45, 7) is 3.26. The molecule has 2 aliphatic rings. The van der Waals surface area contributed by atoms with Gasteiger partial charge in [0.05, 0.1) is 19.1 Å². The van der Waals surface area contributed by atoms with E-state index in [9.17, 15) is 17.6 Å². The van der Waals surface area contributed by atoms with Gasteiger partial charge in [0.1, 0.15) is 0 Å². The molecule has 3 rings (SSSR count). The van der Waals surface area contributed by atoms with E-state index in [1.807, 2.05) is 6.92 Å². The molecule has 0 N–H and O–H groups in total. The van der Waals surface area contributed by atoms with Crippen LogP contribution < -0.4 is 4.74 Å². The Hall–Kier alpha value is -0.236. The third kappa shape index (κ3) is 5.63. The first kappa shape index (κ1) is 22.1. The standard InChI is InChI=1S/C18H21F4O3.Y/c1-11-9-23-17(24-10-11)12-2-4-13(5-3-12)18(21,22)25-16-7-14(19)6-15(20)8-16;/h7-8,11-13,17H,2-5,9-10H2,1H3;/q-1;. The van der Waals surface area contributed by atoms with Crippen molar-refractivity contribution in [3.63, 3.8) is 0 Å². The van der Waals surface area contributed by atoms with E-state index in [1.165, 1.54) is 0 Å². The van der Waals surface area contributed by atoms with E-state index in [0.717, 1.165) is 0 Å². The first-order chi connectivity index (χ1) is 11.8. The van der Waals surface area contributed by atoms with Crippen LogP contribution in [0.5, 0.6) is 5.75 Å². The van der Waals surface area contributed by atoms with Crippen LogP contribution >= 0.6 is 0 Å². The van der Waals surface area contributed by atoms with E-state index < -0.39 is 29.4 Å². The van der Waals surface area contributed by atoms with E-state index in [0.29, 0.717) is 44.1 Å². The van der Waals surface area contributed by atoms with Crippen molar-refractivity contribution in [2.45, 2.75) is 45.0 Å². The van der Waals surface area contributed by atoms with E-state index in [4.69, 9.17) is 9.47 Å². The van der Waals surface area contributed by atoms with Gasteiger partial charge >= 0.3 is 6.11 Å². The van der Waals surface area contributed by atoms with Gasteiger partial charge in [0.2, 0.25) is 0 Å². The van der Waals surface area contributed by atoms with Crippen molar-refractivity contribution < 1.29 is 64.5 Å². The molecule has 8 heteroatoms. The van der Waals surface area contributed by atoms with Gasteiger partial charge in [-0.25, -0.2) is 8.78 Å². The summed E-state index contributed by atoms with van der Waals surface area (Å²) in [7, 11) is 0. The summed E-state index contributed by atoms with van der Waals surface area (Å²) in [5.74, 6) is -3.27. The molecule has 1 saturated heterocycles. The van der Waals surface area contributed by atoms with Gasteiger partial charge in [-0.1, -0.05) is 19.1 Å². The van der Waals surface area contributed by atoms with E-state index in [-0.39, 0.29) is 57.8 Å². The monoisotopic (exact) mass is 450 g/mol. The minimum Gasteiger partial charge on any atom is -0.459 e. The first-order valence-electron chi connectivity index (χ1n) is 8.52. The molecular formula is C18H21F4O3Y-. The molecule has 0 atom stereocenters. The van der Waals surface area contributed by atoms with E-state index in [2.05, 4.69) is 4.74 Å².